The van der Waals surface area contributed by atoms with Crippen molar-refractivity contribution in [3.05, 3.63) is 24.3 Å². The fraction of sp³-hybridized carbons (Fsp3) is 0.600. The lowest BCUT2D eigenvalue weighted by Crippen LogP contribution is -2.51. The molecule has 1 aromatic carbocycles. The molecule has 2 rings (SSSR count). The van der Waals surface area contributed by atoms with Gasteiger partial charge in [0.25, 0.3) is 0 Å². The highest BCUT2D eigenvalue weighted by Crippen LogP contribution is 2.37. The minimum Gasteiger partial charge on any atom is -0.497 e. The highest BCUT2D eigenvalue weighted by Gasteiger charge is 2.39. The van der Waals surface area contributed by atoms with Gasteiger partial charge in [-0.25, -0.2) is 0 Å². The van der Waals surface area contributed by atoms with E-state index in [9.17, 15) is 4.21 Å². The first-order valence-corrected chi connectivity index (χ1v) is 7.97. The molecule has 1 fully saturated rings. The van der Waals surface area contributed by atoms with Crippen LogP contribution >= 0.6 is 0 Å². The number of ether oxygens (including phenoxy) is 1. The summed E-state index contributed by atoms with van der Waals surface area (Å²) in [6.45, 7) is 4.35. The van der Waals surface area contributed by atoms with Crippen LogP contribution in [0, 0.1) is 5.41 Å². The van der Waals surface area contributed by atoms with Crippen LogP contribution in [0.5, 0.6) is 5.75 Å². The molecular weight excluding hydrogens is 258 g/mol. The predicted octanol–water partition coefficient (Wildman–Crippen LogP) is 2.71. The SMILES string of the molecule is COc1ccc(S(=O)C2CCCC(C)(C)C2N)cc1. The van der Waals surface area contributed by atoms with Crippen molar-refractivity contribution < 1.29 is 8.95 Å². The van der Waals surface area contributed by atoms with Gasteiger partial charge in [-0.05, 0) is 42.5 Å². The molecule has 0 aromatic heterocycles. The van der Waals surface area contributed by atoms with E-state index in [1.165, 1.54) is 0 Å². The Labute approximate surface area is 118 Å². The molecule has 3 nitrogen and oxygen atoms in total. The van der Waals surface area contributed by atoms with Gasteiger partial charge in [0.2, 0.25) is 0 Å². The van der Waals surface area contributed by atoms with Gasteiger partial charge in [0.05, 0.1) is 23.2 Å². The molecule has 1 aromatic rings. The molecule has 0 spiro atoms. The van der Waals surface area contributed by atoms with Crippen LogP contribution in [-0.4, -0.2) is 22.6 Å². The van der Waals surface area contributed by atoms with Crippen LogP contribution in [0.1, 0.15) is 33.1 Å². The number of nitrogens with two attached hydrogens (primary N) is 1. The van der Waals surface area contributed by atoms with Crippen LogP contribution in [-0.2, 0) is 10.8 Å². The first-order chi connectivity index (χ1) is 8.95. The minimum absolute atomic E-state index is 0.0100. The third-order valence-corrected chi connectivity index (χ3v) is 6.00. The molecule has 1 aliphatic rings. The Kier molecular flexibility index (Phi) is 4.31. The van der Waals surface area contributed by atoms with Gasteiger partial charge in [-0.3, -0.25) is 4.21 Å². The number of hydrogen-bond acceptors (Lipinski definition) is 3. The molecule has 19 heavy (non-hydrogen) atoms. The Balaban J connectivity index is 2.18. The van der Waals surface area contributed by atoms with Crippen molar-refractivity contribution in [3.63, 3.8) is 0 Å². The summed E-state index contributed by atoms with van der Waals surface area (Å²) < 4.78 is 17.8. The van der Waals surface area contributed by atoms with Crippen LogP contribution in [0.2, 0.25) is 0 Å². The van der Waals surface area contributed by atoms with Crippen LogP contribution in [0.15, 0.2) is 29.2 Å². The van der Waals surface area contributed by atoms with Crippen molar-refractivity contribution in [1.29, 1.82) is 0 Å². The average molecular weight is 281 g/mol. The molecule has 3 atom stereocenters. The third-order valence-electron chi connectivity index (χ3n) is 4.18. The Morgan fingerprint density at radius 2 is 1.95 bits per heavy atom. The second-order valence-corrected chi connectivity index (χ2v) is 7.59. The zero-order valence-corrected chi connectivity index (χ0v) is 12.7. The zero-order chi connectivity index (χ0) is 14.0. The molecule has 4 heteroatoms. The molecule has 106 valence electrons. The minimum atomic E-state index is -1.04. The maximum Gasteiger partial charge on any atom is 0.118 e. The summed E-state index contributed by atoms with van der Waals surface area (Å²) in [5, 5.41) is 0.0529. The van der Waals surface area contributed by atoms with Gasteiger partial charge in [-0.2, -0.15) is 0 Å². The monoisotopic (exact) mass is 281 g/mol. The fourth-order valence-corrected chi connectivity index (χ4v) is 4.50. The van der Waals surface area contributed by atoms with Crippen molar-refractivity contribution >= 4 is 10.8 Å². The van der Waals surface area contributed by atoms with Crippen LogP contribution < -0.4 is 10.5 Å². The van der Waals surface area contributed by atoms with Gasteiger partial charge in [-0.15, -0.1) is 0 Å². The molecule has 0 radical (unpaired) electrons. The van der Waals surface area contributed by atoms with Crippen molar-refractivity contribution in [2.75, 3.05) is 7.11 Å². The van der Waals surface area contributed by atoms with Gasteiger partial charge >= 0.3 is 0 Å². The fourth-order valence-electron chi connectivity index (χ4n) is 2.73. The largest absolute Gasteiger partial charge is 0.497 e. The summed E-state index contributed by atoms with van der Waals surface area (Å²) in [7, 11) is 0.593. The summed E-state index contributed by atoms with van der Waals surface area (Å²) in [6.07, 6.45) is 3.17. The summed E-state index contributed by atoms with van der Waals surface area (Å²) in [5.41, 5.74) is 6.41. The van der Waals surface area contributed by atoms with Crippen LogP contribution in [0.3, 0.4) is 0 Å². The van der Waals surface area contributed by atoms with E-state index in [1.807, 2.05) is 24.3 Å². The standard InChI is InChI=1S/C15H23NO2S/c1-15(2)10-4-5-13(14(15)16)19(17)12-8-6-11(18-3)7-9-12/h6-9,13-14H,4-5,10,16H2,1-3H3. The third kappa shape index (κ3) is 3.00. The molecule has 1 saturated carbocycles. The Hall–Kier alpha value is -0.870. The Bertz CT molecular complexity index is 456. The van der Waals surface area contributed by atoms with Gasteiger partial charge in [0.1, 0.15) is 5.75 Å². The molecule has 0 amide bonds. The van der Waals surface area contributed by atoms with E-state index in [-0.39, 0.29) is 16.7 Å². The van der Waals surface area contributed by atoms with E-state index in [4.69, 9.17) is 10.5 Å². The van der Waals surface area contributed by atoms with Crippen molar-refractivity contribution in [1.82, 2.24) is 0 Å². The highest BCUT2D eigenvalue weighted by molar-refractivity contribution is 7.85. The van der Waals surface area contributed by atoms with E-state index in [2.05, 4.69) is 13.8 Å². The molecule has 0 saturated heterocycles. The van der Waals surface area contributed by atoms with E-state index < -0.39 is 10.8 Å². The molecular formula is C15H23NO2S. The lowest BCUT2D eigenvalue weighted by atomic mass is 9.73. The molecule has 0 aliphatic heterocycles. The first-order valence-electron chi connectivity index (χ1n) is 6.76. The maximum atomic E-state index is 12.7. The normalized spacial score (nSPS) is 27.8. The van der Waals surface area contributed by atoms with Crippen LogP contribution in [0.25, 0.3) is 0 Å². The molecule has 3 unspecified atom stereocenters. The van der Waals surface area contributed by atoms with Gasteiger partial charge in [0.15, 0.2) is 0 Å². The highest BCUT2D eigenvalue weighted by atomic mass is 32.2. The van der Waals surface area contributed by atoms with E-state index in [0.717, 1.165) is 29.9 Å². The number of hydrogen-bond donors (Lipinski definition) is 1. The van der Waals surface area contributed by atoms with Crippen LogP contribution in [0.4, 0.5) is 0 Å². The van der Waals surface area contributed by atoms with E-state index in [0.29, 0.717) is 0 Å². The van der Waals surface area contributed by atoms with Crippen molar-refractivity contribution in [3.8, 4) is 5.75 Å². The lowest BCUT2D eigenvalue weighted by molar-refractivity contribution is 0.206. The predicted molar refractivity (Wildman–Crippen MR) is 78.8 cm³/mol. The average Bonchev–Trinajstić information content (AvgIpc) is 2.41. The summed E-state index contributed by atoms with van der Waals surface area (Å²) in [6, 6.07) is 7.45. The Morgan fingerprint density at radius 3 is 2.53 bits per heavy atom. The van der Waals surface area contributed by atoms with Gasteiger partial charge in [0, 0.05) is 10.9 Å². The summed E-state index contributed by atoms with van der Waals surface area (Å²) >= 11 is 0. The smallest absolute Gasteiger partial charge is 0.118 e. The topological polar surface area (TPSA) is 52.3 Å². The van der Waals surface area contributed by atoms with E-state index >= 15 is 0 Å². The quantitative estimate of drug-likeness (QED) is 0.927. The number of benzene rings is 1. The molecule has 1 aliphatic carbocycles. The summed E-state index contributed by atoms with van der Waals surface area (Å²) in [4.78, 5) is 0.846. The van der Waals surface area contributed by atoms with E-state index in [1.54, 1.807) is 7.11 Å². The second-order valence-electron chi connectivity index (χ2n) is 5.92. The van der Waals surface area contributed by atoms with Gasteiger partial charge < -0.3 is 10.5 Å². The van der Waals surface area contributed by atoms with Crippen molar-refractivity contribution in [2.24, 2.45) is 11.1 Å². The van der Waals surface area contributed by atoms with Gasteiger partial charge in [-0.1, -0.05) is 20.3 Å². The zero-order valence-electron chi connectivity index (χ0n) is 11.9. The molecule has 0 bridgehead atoms. The first kappa shape index (κ1) is 14.5. The number of methoxy groups -OCH3 is 1. The van der Waals surface area contributed by atoms with Crippen molar-refractivity contribution in [2.45, 2.75) is 49.3 Å². The molecule has 2 N–H and O–H groups in total. The summed E-state index contributed by atoms with van der Waals surface area (Å²) in [5.74, 6) is 0.786. The Morgan fingerprint density at radius 1 is 1.32 bits per heavy atom. The maximum absolute atomic E-state index is 12.7. The lowest BCUT2D eigenvalue weighted by Gasteiger charge is -2.41. The molecule has 0 heterocycles. The second kappa shape index (κ2) is 5.63. The number of rotatable bonds is 3.